The molecule has 0 aromatic carbocycles. The van der Waals surface area contributed by atoms with Crippen LogP contribution in [0.4, 0.5) is 4.79 Å². The molecule has 7 nitrogen and oxygen atoms in total. The van der Waals surface area contributed by atoms with Crippen molar-refractivity contribution in [2.45, 2.75) is 0 Å². The predicted octanol–water partition coefficient (Wildman–Crippen LogP) is -0.822. The van der Waals surface area contributed by atoms with Crippen LogP contribution in [-0.2, 0) is 14.3 Å². The number of carbonyl (C=O) groups is 1. The van der Waals surface area contributed by atoms with Crippen molar-refractivity contribution in [1.29, 1.82) is 0 Å². The minimum absolute atomic E-state index is 0.170. The molecular formula is C7H16N2O5. The second-order valence-electron chi connectivity index (χ2n) is 2.27. The summed E-state index contributed by atoms with van der Waals surface area (Å²) in [6.07, 6.45) is -1.23. The molecule has 0 saturated heterocycles. The zero-order valence-electron chi connectivity index (χ0n) is 7.90. The maximum atomic E-state index is 9.90. The molecule has 0 rings (SSSR count). The highest BCUT2D eigenvalue weighted by Gasteiger charge is 1.93. The Morgan fingerprint density at radius 3 is 2.29 bits per heavy atom. The fourth-order valence-electron chi connectivity index (χ4n) is 0.619. The Morgan fingerprint density at radius 2 is 1.71 bits per heavy atom. The van der Waals surface area contributed by atoms with E-state index in [1.807, 2.05) is 0 Å². The molecule has 0 atom stereocenters. The summed E-state index contributed by atoms with van der Waals surface area (Å²) in [6.45, 7) is 2.40. The molecule has 0 heterocycles. The minimum atomic E-state index is -1.23. The summed E-state index contributed by atoms with van der Waals surface area (Å²) < 4.78 is 10.1. The van der Waals surface area contributed by atoms with Gasteiger partial charge in [0.2, 0.25) is 0 Å². The molecule has 14 heavy (non-hydrogen) atoms. The van der Waals surface area contributed by atoms with Gasteiger partial charge in [-0.1, -0.05) is 0 Å². The number of hydroxylamine groups is 1. The van der Waals surface area contributed by atoms with Crippen molar-refractivity contribution >= 4 is 6.09 Å². The summed E-state index contributed by atoms with van der Waals surface area (Å²) in [5, 5.41) is 8.10. The second kappa shape index (κ2) is 10.2. The van der Waals surface area contributed by atoms with Gasteiger partial charge in [0.25, 0.3) is 0 Å². The number of carboxylic acid groups (broad SMARTS) is 1. The smallest absolute Gasteiger partial charge is 0.428 e. The summed E-state index contributed by atoms with van der Waals surface area (Å²) in [5.74, 6) is 0. The number of ether oxygens (including phenoxy) is 2. The Kier molecular flexibility index (Phi) is 9.54. The first-order valence-corrected chi connectivity index (χ1v) is 4.23. The van der Waals surface area contributed by atoms with Crippen molar-refractivity contribution < 1.29 is 24.2 Å². The van der Waals surface area contributed by atoms with Crippen LogP contribution in [-0.4, -0.2) is 50.8 Å². The average Bonchev–Trinajstić information content (AvgIpc) is 2.15. The highest BCUT2D eigenvalue weighted by Crippen LogP contribution is 1.78. The van der Waals surface area contributed by atoms with Crippen LogP contribution >= 0.6 is 0 Å². The SMILES string of the molecule is NCCOCCOCCONC(=O)O. The van der Waals surface area contributed by atoms with Gasteiger partial charge in [0.05, 0.1) is 33.0 Å². The van der Waals surface area contributed by atoms with Crippen LogP contribution in [0.5, 0.6) is 0 Å². The third kappa shape index (κ3) is 11.1. The lowest BCUT2D eigenvalue weighted by atomic mass is 10.7. The van der Waals surface area contributed by atoms with Crippen LogP contribution in [0.1, 0.15) is 0 Å². The number of hydrogen-bond donors (Lipinski definition) is 3. The number of rotatable bonds is 9. The summed E-state index contributed by atoms with van der Waals surface area (Å²) >= 11 is 0. The summed E-state index contributed by atoms with van der Waals surface area (Å²) in [6, 6.07) is 0. The molecule has 0 aromatic rings. The topological polar surface area (TPSA) is 103 Å². The highest BCUT2D eigenvalue weighted by atomic mass is 16.7. The van der Waals surface area contributed by atoms with Gasteiger partial charge in [0.1, 0.15) is 0 Å². The van der Waals surface area contributed by atoms with Gasteiger partial charge in [-0.2, -0.15) is 5.48 Å². The molecular weight excluding hydrogens is 192 g/mol. The van der Waals surface area contributed by atoms with Crippen molar-refractivity contribution in [3.63, 3.8) is 0 Å². The van der Waals surface area contributed by atoms with E-state index in [-0.39, 0.29) is 6.61 Å². The van der Waals surface area contributed by atoms with E-state index in [0.29, 0.717) is 33.0 Å². The molecule has 0 spiro atoms. The Balaban J connectivity index is 2.88. The van der Waals surface area contributed by atoms with E-state index in [1.54, 1.807) is 5.48 Å². The van der Waals surface area contributed by atoms with E-state index < -0.39 is 6.09 Å². The van der Waals surface area contributed by atoms with E-state index in [4.69, 9.17) is 20.3 Å². The Morgan fingerprint density at radius 1 is 1.14 bits per heavy atom. The van der Waals surface area contributed by atoms with E-state index in [2.05, 4.69) is 4.84 Å². The lowest BCUT2D eigenvalue weighted by Gasteiger charge is -2.05. The van der Waals surface area contributed by atoms with Gasteiger partial charge in [0.15, 0.2) is 0 Å². The van der Waals surface area contributed by atoms with Gasteiger partial charge in [-0.3, -0.25) is 4.84 Å². The van der Waals surface area contributed by atoms with Gasteiger partial charge in [-0.25, -0.2) is 4.79 Å². The monoisotopic (exact) mass is 208 g/mol. The molecule has 0 radical (unpaired) electrons. The third-order valence-electron chi connectivity index (χ3n) is 1.12. The minimum Gasteiger partial charge on any atom is -0.464 e. The molecule has 7 heteroatoms. The van der Waals surface area contributed by atoms with Crippen LogP contribution in [0, 0.1) is 0 Å². The van der Waals surface area contributed by atoms with Gasteiger partial charge in [0, 0.05) is 6.54 Å². The number of hydrogen-bond acceptors (Lipinski definition) is 5. The molecule has 0 fully saturated rings. The Labute approximate surface area is 82.1 Å². The molecule has 0 saturated carbocycles. The fourth-order valence-corrected chi connectivity index (χ4v) is 0.619. The van der Waals surface area contributed by atoms with Gasteiger partial charge < -0.3 is 20.3 Å². The van der Waals surface area contributed by atoms with Crippen LogP contribution in [0.2, 0.25) is 0 Å². The fraction of sp³-hybridized carbons (Fsp3) is 0.857. The van der Waals surface area contributed by atoms with Crippen molar-refractivity contribution in [3.05, 3.63) is 0 Å². The van der Waals surface area contributed by atoms with Crippen LogP contribution in [0.25, 0.3) is 0 Å². The first-order chi connectivity index (χ1) is 6.77. The zero-order chi connectivity index (χ0) is 10.6. The Hall–Kier alpha value is -0.890. The second-order valence-corrected chi connectivity index (χ2v) is 2.27. The first-order valence-electron chi connectivity index (χ1n) is 4.23. The molecule has 4 N–H and O–H groups in total. The van der Waals surface area contributed by atoms with Crippen LogP contribution < -0.4 is 11.2 Å². The maximum Gasteiger partial charge on any atom is 0.428 e. The van der Waals surface area contributed by atoms with Crippen molar-refractivity contribution in [2.75, 3.05) is 39.6 Å². The van der Waals surface area contributed by atoms with E-state index in [1.165, 1.54) is 0 Å². The molecule has 1 amide bonds. The predicted molar refractivity (Wildman–Crippen MR) is 47.8 cm³/mol. The summed E-state index contributed by atoms with van der Waals surface area (Å²) in [7, 11) is 0. The van der Waals surface area contributed by atoms with E-state index in [0.717, 1.165) is 0 Å². The maximum absolute atomic E-state index is 9.90. The molecule has 0 aromatic heterocycles. The normalized spacial score (nSPS) is 10.1. The lowest BCUT2D eigenvalue weighted by molar-refractivity contribution is -0.0127. The standard InChI is InChI=1S/C7H16N2O5/c8-1-2-12-3-4-13-5-6-14-9-7(10)11/h9H,1-6,8H2,(H,10,11). The molecule has 0 aliphatic carbocycles. The Bertz CT molecular complexity index is 144. The van der Waals surface area contributed by atoms with Crippen molar-refractivity contribution in [2.24, 2.45) is 5.73 Å². The van der Waals surface area contributed by atoms with E-state index >= 15 is 0 Å². The third-order valence-corrected chi connectivity index (χ3v) is 1.12. The average molecular weight is 208 g/mol. The van der Waals surface area contributed by atoms with Crippen molar-refractivity contribution in [3.8, 4) is 0 Å². The van der Waals surface area contributed by atoms with Crippen LogP contribution in [0.3, 0.4) is 0 Å². The molecule has 0 aliphatic heterocycles. The number of nitrogens with one attached hydrogen (secondary N) is 1. The van der Waals surface area contributed by atoms with Gasteiger partial charge in [-0.15, -0.1) is 0 Å². The first kappa shape index (κ1) is 13.1. The summed E-state index contributed by atoms with van der Waals surface area (Å²) in [5.41, 5.74) is 6.93. The van der Waals surface area contributed by atoms with E-state index in [9.17, 15) is 4.79 Å². The lowest BCUT2D eigenvalue weighted by Crippen LogP contribution is -2.23. The zero-order valence-corrected chi connectivity index (χ0v) is 7.90. The van der Waals surface area contributed by atoms with Gasteiger partial charge >= 0.3 is 6.09 Å². The molecule has 0 bridgehead atoms. The van der Waals surface area contributed by atoms with Crippen molar-refractivity contribution in [1.82, 2.24) is 5.48 Å². The highest BCUT2D eigenvalue weighted by molar-refractivity contribution is 5.62. The largest absolute Gasteiger partial charge is 0.464 e. The molecule has 84 valence electrons. The molecule has 0 aliphatic rings. The number of nitrogens with two attached hydrogens (primary N) is 1. The molecule has 0 unspecified atom stereocenters. The summed E-state index contributed by atoms with van der Waals surface area (Å²) in [4.78, 5) is 14.4. The number of amides is 1. The van der Waals surface area contributed by atoms with Crippen LogP contribution in [0.15, 0.2) is 0 Å². The quantitative estimate of drug-likeness (QED) is 0.338. The van der Waals surface area contributed by atoms with Gasteiger partial charge in [-0.05, 0) is 0 Å².